The number of benzene rings is 1. The van der Waals surface area contributed by atoms with Gasteiger partial charge in [-0.15, -0.1) is 0 Å². The molecule has 1 aromatic heterocycles. The van der Waals surface area contributed by atoms with Gasteiger partial charge in [-0.3, -0.25) is 0 Å². The number of halogens is 2. The summed E-state index contributed by atoms with van der Waals surface area (Å²) in [6.07, 6.45) is 0.970. The number of aromatic nitrogens is 3. The Bertz CT molecular complexity index is 606. The van der Waals surface area contributed by atoms with Crippen LogP contribution in [-0.2, 0) is 4.74 Å². The summed E-state index contributed by atoms with van der Waals surface area (Å²) in [6.45, 7) is 3.38. The number of hydrogen-bond donors (Lipinski definition) is 0. The predicted molar refractivity (Wildman–Crippen MR) is 74.3 cm³/mol. The topological polar surface area (TPSA) is 39.9 Å². The average Bonchev–Trinajstić information content (AvgIpc) is 2.98. The molecule has 19 heavy (non-hydrogen) atoms. The van der Waals surface area contributed by atoms with E-state index in [1.165, 1.54) is 0 Å². The number of rotatable bonds is 2. The second kappa shape index (κ2) is 5.12. The number of nitrogens with zero attached hydrogens (tertiary/aromatic N) is 3. The minimum absolute atomic E-state index is 0.283. The molecule has 1 atom stereocenters. The molecule has 4 nitrogen and oxygen atoms in total. The fourth-order valence-corrected chi connectivity index (χ4v) is 2.69. The van der Waals surface area contributed by atoms with Crippen molar-refractivity contribution in [3.63, 3.8) is 0 Å². The van der Waals surface area contributed by atoms with E-state index < -0.39 is 0 Å². The SMILES string of the molecule is Cc1nc(C2CCOC2)nn1-c1ccc(Cl)cc1Cl. The van der Waals surface area contributed by atoms with Crippen molar-refractivity contribution >= 4 is 23.2 Å². The molecule has 0 radical (unpaired) electrons. The van der Waals surface area contributed by atoms with Crippen molar-refractivity contribution in [2.24, 2.45) is 0 Å². The molecule has 1 saturated heterocycles. The second-order valence-corrected chi connectivity index (χ2v) is 5.43. The fourth-order valence-electron chi connectivity index (χ4n) is 2.20. The van der Waals surface area contributed by atoms with E-state index in [4.69, 9.17) is 27.9 Å². The Labute approximate surface area is 121 Å². The quantitative estimate of drug-likeness (QED) is 0.853. The van der Waals surface area contributed by atoms with E-state index in [9.17, 15) is 0 Å². The van der Waals surface area contributed by atoms with Gasteiger partial charge in [0.25, 0.3) is 0 Å². The van der Waals surface area contributed by atoms with Crippen LogP contribution < -0.4 is 0 Å². The lowest BCUT2D eigenvalue weighted by Crippen LogP contribution is -2.03. The van der Waals surface area contributed by atoms with Crippen molar-refractivity contribution in [3.8, 4) is 5.69 Å². The largest absolute Gasteiger partial charge is 0.381 e. The molecule has 1 aliphatic rings. The van der Waals surface area contributed by atoms with Crippen molar-refractivity contribution < 1.29 is 4.74 Å². The first-order chi connectivity index (χ1) is 9.15. The molecule has 6 heteroatoms. The first-order valence-corrected chi connectivity index (χ1v) is 6.87. The second-order valence-electron chi connectivity index (χ2n) is 4.59. The van der Waals surface area contributed by atoms with Gasteiger partial charge >= 0.3 is 0 Å². The molecule has 1 unspecified atom stereocenters. The lowest BCUT2D eigenvalue weighted by atomic mass is 10.1. The van der Waals surface area contributed by atoms with E-state index in [-0.39, 0.29) is 5.92 Å². The maximum atomic E-state index is 6.21. The van der Waals surface area contributed by atoms with Gasteiger partial charge in [0.15, 0.2) is 5.82 Å². The zero-order valence-corrected chi connectivity index (χ0v) is 11.9. The van der Waals surface area contributed by atoms with E-state index in [0.29, 0.717) is 16.7 Å². The molecule has 0 N–H and O–H groups in total. The van der Waals surface area contributed by atoms with E-state index in [1.54, 1.807) is 16.8 Å². The Morgan fingerprint density at radius 1 is 1.37 bits per heavy atom. The zero-order valence-electron chi connectivity index (χ0n) is 10.4. The maximum absolute atomic E-state index is 6.21. The van der Waals surface area contributed by atoms with Gasteiger partial charge in [-0.05, 0) is 31.5 Å². The minimum atomic E-state index is 0.283. The first kappa shape index (κ1) is 12.9. The third-order valence-corrected chi connectivity index (χ3v) is 3.76. The van der Waals surface area contributed by atoms with Crippen molar-refractivity contribution in [1.29, 1.82) is 0 Å². The molecule has 2 heterocycles. The van der Waals surface area contributed by atoms with E-state index in [2.05, 4.69) is 10.1 Å². The van der Waals surface area contributed by atoms with Crippen LogP contribution in [0.2, 0.25) is 10.0 Å². The molecule has 0 amide bonds. The Balaban J connectivity index is 2.00. The average molecular weight is 298 g/mol. The lowest BCUT2D eigenvalue weighted by Gasteiger charge is -2.06. The molecule has 0 aliphatic carbocycles. The number of hydrogen-bond acceptors (Lipinski definition) is 3. The van der Waals surface area contributed by atoms with E-state index in [0.717, 1.165) is 30.4 Å². The van der Waals surface area contributed by atoms with Crippen LogP contribution in [0.5, 0.6) is 0 Å². The number of aryl methyl sites for hydroxylation is 1. The molecule has 100 valence electrons. The summed E-state index contributed by atoms with van der Waals surface area (Å²) in [5.74, 6) is 1.91. The van der Waals surface area contributed by atoms with Crippen LogP contribution >= 0.6 is 23.2 Å². The van der Waals surface area contributed by atoms with Gasteiger partial charge in [-0.25, -0.2) is 9.67 Å². The third kappa shape index (κ3) is 2.48. The van der Waals surface area contributed by atoms with Crippen molar-refractivity contribution in [2.45, 2.75) is 19.3 Å². The van der Waals surface area contributed by atoms with Crippen LogP contribution in [0.1, 0.15) is 24.0 Å². The van der Waals surface area contributed by atoms with Gasteiger partial charge in [0.05, 0.1) is 17.3 Å². The molecule has 1 aliphatic heterocycles. The summed E-state index contributed by atoms with van der Waals surface area (Å²) < 4.78 is 7.13. The number of ether oxygens (including phenoxy) is 1. The summed E-state index contributed by atoms with van der Waals surface area (Å²) >= 11 is 12.1. The molecular formula is C13H13Cl2N3O. The highest BCUT2D eigenvalue weighted by Gasteiger charge is 2.23. The highest BCUT2D eigenvalue weighted by atomic mass is 35.5. The smallest absolute Gasteiger partial charge is 0.156 e. The van der Waals surface area contributed by atoms with Gasteiger partial charge in [-0.2, -0.15) is 5.10 Å². The molecule has 1 aromatic carbocycles. The predicted octanol–water partition coefficient (Wildman–Crippen LogP) is 3.39. The van der Waals surface area contributed by atoms with Crippen LogP contribution in [0.15, 0.2) is 18.2 Å². The Kier molecular flexibility index (Phi) is 3.48. The van der Waals surface area contributed by atoms with Crippen LogP contribution in [0.3, 0.4) is 0 Å². The first-order valence-electron chi connectivity index (χ1n) is 6.12. The standard InChI is InChI=1S/C13H13Cl2N3O/c1-8-16-13(9-4-5-19-7-9)17-18(8)12-3-2-10(14)6-11(12)15/h2-3,6,9H,4-5,7H2,1H3. The molecule has 0 spiro atoms. The molecule has 0 bridgehead atoms. The van der Waals surface area contributed by atoms with Gasteiger partial charge in [0.1, 0.15) is 5.82 Å². The van der Waals surface area contributed by atoms with Gasteiger partial charge in [-0.1, -0.05) is 23.2 Å². The highest BCUT2D eigenvalue weighted by Crippen LogP contribution is 2.27. The summed E-state index contributed by atoms with van der Waals surface area (Å²) in [5, 5.41) is 5.72. The van der Waals surface area contributed by atoms with Crippen LogP contribution in [-0.4, -0.2) is 28.0 Å². The Morgan fingerprint density at radius 2 is 2.21 bits per heavy atom. The molecule has 3 rings (SSSR count). The monoisotopic (exact) mass is 297 g/mol. The summed E-state index contributed by atoms with van der Waals surface area (Å²) in [4.78, 5) is 4.51. The molecule has 2 aromatic rings. The Hall–Kier alpha value is -1.10. The zero-order chi connectivity index (χ0) is 13.4. The van der Waals surface area contributed by atoms with Gasteiger partial charge in [0.2, 0.25) is 0 Å². The maximum Gasteiger partial charge on any atom is 0.156 e. The van der Waals surface area contributed by atoms with Gasteiger partial charge in [0, 0.05) is 17.5 Å². The van der Waals surface area contributed by atoms with E-state index >= 15 is 0 Å². The van der Waals surface area contributed by atoms with Crippen LogP contribution in [0.25, 0.3) is 5.69 Å². The summed E-state index contributed by atoms with van der Waals surface area (Å²) in [7, 11) is 0. The fraction of sp³-hybridized carbons (Fsp3) is 0.385. The Morgan fingerprint density at radius 3 is 2.89 bits per heavy atom. The van der Waals surface area contributed by atoms with Crippen LogP contribution in [0, 0.1) is 6.92 Å². The molecular weight excluding hydrogens is 285 g/mol. The summed E-state index contributed by atoms with van der Waals surface area (Å²) in [6, 6.07) is 5.35. The highest BCUT2D eigenvalue weighted by molar-refractivity contribution is 6.35. The van der Waals surface area contributed by atoms with Crippen molar-refractivity contribution in [2.75, 3.05) is 13.2 Å². The van der Waals surface area contributed by atoms with Crippen LogP contribution in [0.4, 0.5) is 0 Å². The molecule has 1 fully saturated rings. The normalized spacial score (nSPS) is 19.0. The van der Waals surface area contributed by atoms with Crippen molar-refractivity contribution in [3.05, 3.63) is 39.9 Å². The van der Waals surface area contributed by atoms with Crippen molar-refractivity contribution in [1.82, 2.24) is 14.8 Å². The summed E-state index contributed by atoms with van der Waals surface area (Å²) in [5.41, 5.74) is 0.793. The minimum Gasteiger partial charge on any atom is -0.381 e. The van der Waals surface area contributed by atoms with E-state index in [1.807, 2.05) is 13.0 Å². The third-order valence-electron chi connectivity index (χ3n) is 3.22. The van der Waals surface area contributed by atoms with Gasteiger partial charge < -0.3 is 4.74 Å². The molecule has 0 saturated carbocycles. The lowest BCUT2D eigenvalue weighted by molar-refractivity contribution is 0.193.